The number of hydrogen-bond acceptors (Lipinski definition) is 4. The molecule has 0 saturated heterocycles. The number of hydrogen-bond donors (Lipinski definition) is 1. The first-order valence-electron chi connectivity index (χ1n) is 8.08. The first-order valence-corrected chi connectivity index (χ1v) is 8.95. The third-order valence-electron chi connectivity index (χ3n) is 4.12. The summed E-state index contributed by atoms with van der Waals surface area (Å²) >= 11 is 1.40. The fraction of sp³-hybridized carbons (Fsp3) is 0.105. The molecule has 0 fully saturated rings. The minimum absolute atomic E-state index is 0.112. The molecule has 130 valence electrons. The Morgan fingerprint density at radius 1 is 1.19 bits per heavy atom. The number of rotatable bonds is 4. The summed E-state index contributed by atoms with van der Waals surface area (Å²) in [7, 11) is 1.71. The van der Waals surface area contributed by atoms with Crippen molar-refractivity contribution in [3.8, 4) is 5.69 Å². The van der Waals surface area contributed by atoms with Crippen molar-refractivity contribution in [2.45, 2.75) is 6.54 Å². The molecule has 7 heteroatoms. The van der Waals surface area contributed by atoms with E-state index < -0.39 is 0 Å². The number of benzene rings is 1. The van der Waals surface area contributed by atoms with Crippen LogP contribution < -0.4 is 5.56 Å². The van der Waals surface area contributed by atoms with Crippen LogP contribution in [0.5, 0.6) is 0 Å². The second-order valence-electron chi connectivity index (χ2n) is 5.92. The topological polar surface area (TPSA) is 71.0 Å². The van der Waals surface area contributed by atoms with E-state index in [9.17, 15) is 9.59 Å². The lowest BCUT2D eigenvalue weighted by Crippen LogP contribution is -2.28. The van der Waals surface area contributed by atoms with Crippen LogP contribution in [0, 0.1) is 0 Å². The first kappa shape index (κ1) is 16.3. The van der Waals surface area contributed by atoms with E-state index in [-0.39, 0.29) is 18.0 Å². The van der Waals surface area contributed by atoms with Crippen LogP contribution in [0.25, 0.3) is 16.6 Å². The quantitative estimate of drug-likeness (QED) is 0.605. The van der Waals surface area contributed by atoms with E-state index in [4.69, 9.17) is 0 Å². The number of nitrogens with one attached hydrogen (secondary N) is 1. The van der Waals surface area contributed by atoms with Gasteiger partial charge in [-0.25, -0.2) is 4.98 Å². The maximum absolute atomic E-state index is 12.9. The van der Waals surface area contributed by atoms with Crippen molar-refractivity contribution >= 4 is 28.1 Å². The number of thiophene rings is 1. The number of aromatic amines is 1. The molecule has 0 aliphatic rings. The van der Waals surface area contributed by atoms with Crippen molar-refractivity contribution in [3.63, 3.8) is 0 Å². The number of aromatic nitrogens is 3. The molecule has 0 radical (unpaired) electrons. The molecule has 1 N–H and O–H groups in total. The molecule has 3 heterocycles. The van der Waals surface area contributed by atoms with Crippen molar-refractivity contribution in [3.05, 3.63) is 81.3 Å². The second-order valence-corrected chi connectivity index (χ2v) is 6.83. The van der Waals surface area contributed by atoms with Gasteiger partial charge in [-0.15, -0.1) is 11.3 Å². The van der Waals surface area contributed by atoms with Gasteiger partial charge in [-0.2, -0.15) is 0 Å². The highest BCUT2D eigenvalue weighted by molar-refractivity contribution is 7.12. The van der Waals surface area contributed by atoms with E-state index in [1.807, 2.05) is 46.6 Å². The van der Waals surface area contributed by atoms with E-state index in [0.29, 0.717) is 21.6 Å². The zero-order valence-electron chi connectivity index (χ0n) is 14.0. The number of nitrogens with zero attached hydrogens (tertiary/aromatic N) is 3. The molecule has 0 aliphatic carbocycles. The molecule has 1 amide bonds. The Morgan fingerprint density at radius 2 is 1.96 bits per heavy atom. The van der Waals surface area contributed by atoms with Gasteiger partial charge in [-0.1, -0.05) is 12.1 Å². The summed E-state index contributed by atoms with van der Waals surface area (Å²) in [4.78, 5) is 34.5. The van der Waals surface area contributed by atoms with Gasteiger partial charge in [0.1, 0.15) is 10.7 Å². The van der Waals surface area contributed by atoms with Gasteiger partial charge in [0, 0.05) is 19.4 Å². The molecule has 1 aromatic carbocycles. The van der Waals surface area contributed by atoms with Crippen LogP contribution in [0.3, 0.4) is 0 Å². The monoisotopic (exact) mass is 364 g/mol. The Hall–Kier alpha value is -3.19. The summed E-state index contributed by atoms with van der Waals surface area (Å²) in [5.74, 6) is 0.350. The average Bonchev–Trinajstić information content (AvgIpc) is 3.32. The molecule has 0 atom stereocenters. The molecule has 0 bridgehead atoms. The molecular formula is C19H16N4O2S. The Balaban J connectivity index is 1.61. The predicted molar refractivity (Wildman–Crippen MR) is 102 cm³/mol. The van der Waals surface area contributed by atoms with Gasteiger partial charge >= 0.3 is 0 Å². The molecule has 0 unspecified atom stereocenters. The van der Waals surface area contributed by atoms with Crippen LogP contribution in [0.2, 0.25) is 0 Å². The summed E-state index contributed by atoms with van der Waals surface area (Å²) < 4.78 is 1.91. The number of H-pyrrole nitrogens is 1. The number of para-hydroxylation sites is 1. The second kappa shape index (κ2) is 6.61. The number of fused-ring (bicyclic) bond motifs is 1. The Morgan fingerprint density at radius 3 is 2.77 bits per heavy atom. The minimum Gasteiger partial charge on any atom is -0.333 e. The molecule has 0 aliphatic heterocycles. The third kappa shape index (κ3) is 2.93. The van der Waals surface area contributed by atoms with Crippen molar-refractivity contribution in [1.82, 2.24) is 19.4 Å². The fourth-order valence-corrected chi connectivity index (χ4v) is 3.72. The zero-order chi connectivity index (χ0) is 18.1. The van der Waals surface area contributed by atoms with E-state index >= 15 is 0 Å². The van der Waals surface area contributed by atoms with Crippen LogP contribution in [0.1, 0.15) is 15.5 Å². The third-order valence-corrected chi connectivity index (χ3v) is 5.01. The van der Waals surface area contributed by atoms with E-state index in [1.165, 1.54) is 11.3 Å². The maximum atomic E-state index is 12.9. The maximum Gasteiger partial charge on any atom is 0.266 e. The number of carbonyl (C=O) groups excluding carboxylic acids is 1. The summed E-state index contributed by atoms with van der Waals surface area (Å²) in [6.07, 6.45) is 3.81. The first-order chi connectivity index (χ1) is 12.6. The summed E-state index contributed by atoms with van der Waals surface area (Å²) in [6, 6.07) is 12.9. The largest absolute Gasteiger partial charge is 0.333 e. The van der Waals surface area contributed by atoms with Gasteiger partial charge in [0.15, 0.2) is 0 Å². The van der Waals surface area contributed by atoms with Gasteiger partial charge < -0.3 is 14.5 Å². The molecule has 26 heavy (non-hydrogen) atoms. The lowest BCUT2D eigenvalue weighted by atomic mass is 10.2. The van der Waals surface area contributed by atoms with Crippen molar-refractivity contribution < 1.29 is 4.79 Å². The minimum atomic E-state index is -0.199. The highest BCUT2D eigenvalue weighted by Gasteiger charge is 2.19. The van der Waals surface area contributed by atoms with E-state index in [0.717, 1.165) is 5.69 Å². The van der Waals surface area contributed by atoms with Crippen LogP contribution in [0.15, 0.2) is 65.0 Å². The summed E-state index contributed by atoms with van der Waals surface area (Å²) in [6.45, 7) is 0.224. The lowest BCUT2D eigenvalue weighted by molar-refractivity contribution is 0.0786. The summed E-state index contributed by atoms with van der Waals surface area (Å²) in [5, 5.41) is 2.44. The SMILES string of the molecule is CN(Cc1nc2ccccc2c(=O)[nH]1)C(=O)c1sccc1-n1cccc1. The van der Waals surface area contributed by atoms with Crippen LogP contribution >= 0.6 is 11.3 Å². The van der Waals surface area contributed by atoms with Gasteiger partial charge in [-0.05, 0) is 35.7 Å². The molecule has 4 rings (SSSR count). The fourth-order valence-electron chi connectivity index (χ4n) is 2.84. The Bertz CT molecular complexity index is 1130. The van der Waals surface area contributed by atoms with Crippen molar-refractivity contribution in [2.75, 3.05) is 7.05 Å². The number of carbonyl (C=O) groups is 1. The standard InChI is InChI=1S/C19H16N4O2S/c1-22(12-16-20-14-7-3-2-6-13(14)18(24)21-16)19(25)17-15(8-11-26-17)23-9-4-5-10-23/h2-11H,12H2,1H3,(H,20,21,24). The average molecular weight is 364 g/mol. The van der Waals surface area contributed by atoms with Crippen LogP contribution in [-0.4, -0.2) is 32.4 Å². The molecule has 0 spiro atoms. The zero-order valence-corrected chi connectivity index (χ0v) is 14.9. The number of amides is 1. The van der Waals surface area contributed by atoms with Crippen molar-refractivity contribution in [2.24, 2.45) is 0 Å². The van der Waals surface area contributed by atoms with Gasteiger partial charge in [0.05, 0.1) is 23.1 Å². The highest BCUT2D eigenvalue weighted by Crippen LogP contribution is 2.23. The van der Waals surface area contributed by atoms with Gasteiger partial charge in [0.2, 0.25) is 0 Å². The molecule has 4 aromatic rings. The molecule has 6 nitrogen and oxygen atoms in total. The Kier molecular flexibility index (Phi) is 4.14. The van der Waals surface area contributed by atoms with Crippen LogP contribution in [0.4, 0.5) is 0 Å². The van der Waals surface area contributed by atoms with E-state index in [2.05, 4.69) is 9.97 Å². The molecule has 3 aromatic heterocycles. The summed E-state index contributed by atoms with van der Waals surface area (Å²) in [5.41, 5.74) is 1.27. The smallest absolute Gasteiger partial charge is 0.266 e. The van der Waals surface area contributed by atoms with Gasteiger partial charge in [-0.3, -0.25) is 9.59 Å². The molecule has 0 saturated carbocycles. The highest BCUT2D eigenvalue weighted by atomic mass is 32.1. The Labute approximate surface area is 153 Å². The van der Waals surface area contributed by atoms with Crippen LogP contribution in [-0.2, 0) is 6.54 Å². The van der Waals surface area contributed by atoms with Gasteiger partial charge in [0.25, 0.3) is 11.5 Å². The normalized spacial score (nSPS) is 11.0. The van der Waals surface area contributed by atoms with E-state index in [1.54, 1.807) is 30.1 Å². The molecular weight excluding hydrogens is 348 g/mol. The predicted octanol–water partition coefficient (Wildman–Crippen LogP) is 3.05. The van der Waals surface area contributed by atoms with Crippen molar-refractivity contribution in [1.29, 1.82) is 0 Å². The lowest BCUT2D eigenvalue weighted by Gasteiger charge is -2.17.